The van der Waals surface area contributed by atoms with Crippen LogP contribution in [0.1, 0.15) is 17.8 Å². The average molecular weight is 241 g/mol. The van der Waals surface area contributed by atoms with Gasteiger partial charge in [0, 0.05) is 24.0 Å². The van der Waals surface area contributed by atoms with Gasteiger partial charge in [-0.1, -0.05) is 6.07 Å². The lowest BCUT2D eigenvalue weighted by Crippen LogP contribution is -2.12. The molecule has 0 spiro atoms. The summed E-state index contributed by atoms with van der Waals surface area (Å²) in [6.45, 7) is 1.91. The molecule has 4 nitrogen and oxygen atoms in total. The fourth-order valence-corrected chi connectivity index (χ4v) is 1.55. The molecule has 0 fully saturated rings. The average Bonchev–Trinajstić information content (AvgIpc) is 2.40. The molecule has 1 N–H and O–H groups in total. The van der Waals surface area contributed by atoms with Gasteiger partial charge in [0.25, 0.3) is 0 Å². The first-order valence-corrected chi connectivity index (χ1v) is 5.86. The van der Waals surface area contributed by atoms with Crippen LogP contribution in [0.2, 0.25) is 0 Å². The van der Waals surface area contributed by atoms with Crippen molar-refractivity contribution >= 4 is 11.6 Å². The topological polar surface area (TPSA) is 54.9 Å². The lowest BCUT2D eigenvalue weighted by molar-refractivity contribution is -0.116. The van der Waals surface area contributed by atoms with Crippen LogP contribution in [-0.4, -0.2) is 15.9 Å². The minimum atomic E-state index is -0.0219. The van der Waals surface area contributed by atoms with Crippen LogP contribution < -0.4 is 5.32 Å². The molecule has 0 atom stereocenters. The molecule has 2 heterocycles. The molecule has 0 unspecified atom stereocenters. The van der Waals surface area contributed by atoms with Gasteiger partial charge in [-0.15, -0.1) is 0 Å². The molecule has 0 saturated carbocycles. The summed E-state index contributed by atoms with van der Waals surface area (Å²) in [6, 6.07) is 9.42. The molecule has 0 aliphatic heterocycles. The molecule has 0 bridgehead atoms. The summed E-state index contributed by atoms with van der Waals surface area (Å²) in [6.07, 6.45) is 4.46. The summed E-state index contributed by atoms with van der Waals surface area (Å²) in [7, 11) is 0. The molecule has 92 valence electrons. The van der Waals surface area contributed by atoms with Crippen molar-refractivity contribution in [2.75, 3.05) is 5.32 Å². The van der Waals surface area contributed by atoms with Gasteiger partial charge in [-0.25, -0.2) is 0 Å². The van der Waals surface area contributed by atoms with E-state index in [0.717, 1.165) is 17.1 Å². The molecular weight excluding hydrogens is 226 g/mol. The largest absolute Gasteiger partial charge is 0.325 e. The summed E-state index contributed by atoms with van der Waals surface area (Å²) in [5.41, 5.74) is 2.59. The minimum absolute atomic E-state index is 0.0219. The zero-order valence-electron chi connectivity index (χ0n) is 10.3. The third-order valence-corrected chi connectivity index (χ3v) is 2.53. The number of carbonyl (C=O) groups is 1. The fraction of sp³-hybridized carbons (Fsp3) is 0.214. The van der Waals surface area contributed by atoms with Crippen LogP contribution in [0.25, 0.3) is 0 Å². The van der Waals surface area contributed by atoms with E-state index < -0.39 is 0 Å². The Kier molecular flexibility index (Phi) is 4.02. The maximum absolute atomic E-state index is 11.7. The number of carbonyl (C=O) groups excluding carboxylic acids is 1. The van der Waals surface area contributed by atoms with Crippen LogP contribution in [0.5, 0.6) is 0 Å². The van der Waals surface area contributed by atoms with E-state index in [0.29, 0.717) is 12.8 Å². The summed E-state index contributed by atoms with van der Waals surface area (Å²) in [4.78, 5) is 20.0. The molecular formula is C14H15N3O. The molecule has 2 rings (SSSR count). The fourth-order valence-electron chi connectivity index (χ4n) is 1.55. The molecule has 4 heteroatoms. The second-order valence-electron chi connectivity index (χ2n) is 4.06. The Balaban J connectivity index is 1.84. The highest BCUT2D eigenvalue weighted by Gasteiger charge is 2.03. The standard InChI is InChI=1S/C14H15N3O/c1-11-5-6-13(10-16-11)17-14(18)8-7-12-4-2-3-9-15-12/h2-6,9-10H,7-8H2,1H3,(H,17,18). The highest BCUT2D eigenvalue weighted by Crippen LogP contribution is 2.07. The normalized spacial score (nSPS) is 10.1. The Hall–Kier alpha value is -2.23. The molecule has 0 radical (unpaired) electrons. The number of aromatic nitrogens is 2. The number of amides is 1. The van der Waals surface area contributed by atoms with Crippen LogP contribution in [0.3, 0.4) is 0 Å². The van der Waals surface area contributed by atoms with Crippen molar-refractivity contribution < 1.29 is 4.79 Å². The highest BCUT2D eigenvalue weighted by atomic mass is 16.1. The third-order valence-electron chi connectivity index (χ3n) is 2.53. The third kappa shape index (κ3) is 3.66. The Morgan fingerprint density at radius 3 is 2.78 bits per heavy atom. The number of hydrogen-bond acceptors (Lipinski definition) is 3. The zero-order chi connectivity index (χ0) is 12.8. The predicted molar refractivity (Wildman–Crippen MR) is 70.2 cm³/mol. The van der Waals surface area contributed by atoms with Gasteiger partial charge in [-0.2, -0.15) is 0 Å². The smallest absolute Gasteiger partial charge is 0.224 e. The molecule has 2 aromatic rings. The van der Waals surface area contributed by atoms with E-state index in [1.54, 1.807) is 12.4 Å². The molecule has 0 aromatic carbocycles. The predicted octanol–water partition coefficient (Wildman–Crippen LogP) is 2.36. The summed E-state index contributed by atoms with van der Waals surface area (Å²) >= 11 is 0. The lowest BCUT2D eigenvalue weighted by atomic mass is 10.2. The van der Waals surface area contributed by atoms with Gasteiger partial charge in [0.2, 0.25) is 5.91 Å². The number of nitrogens with one attached hydrogen (secondary N) is 1. The first-order chi connectivity index (χ1) is 8.74. The van der Waals surface area contributed by atoms with Gasteiger partial charge >= 0.3 is 0 Å². The van der Waals surface area contributed by atoms with Crippen molar-refractivity contribution in [2.45, 2.75) is 19.8 Å². The van der Waals surface area contributed by atoms with Gasteiger partial charge in [0.05, 0.1) is 11.9 Å². The number of rotatable bonds is 4. The lowest BCUT2D eigenvalue weighted by Gasteiger charge is -2.04. The van der Waals surface area contributed by atoms with Crippen molar-refractivity contribution in [1.29, 1.82) is 0 Å². The van der Waals surface area contributed by atoms with Gasteiger partial charge in [-0.05, 0) is 37.6 Å². The minimum Gasteiger partial charge on any atom is -0.325 e. The van der Waals surface area contributed by atoms with Gasteiger partial charge in [-0.3, -0.25) is 14.8 Å². The van der Waals surface area contributed by atoms with E-state index in [9.17, 15) is 4.79 Å². The second kappa shape index (κ2) is 5.91. The molecule has 18 heavy (non-hydrogen) atoms. The first kappa shape index (κ1) is 12.2. The van der Waals surface area contributed by atoms with Crippen molar-refractivity contribution in [3.63, 3.8) is 0 Å². The van der Waals surface area contributed by atoms with E-state index in [4.69, 9.17) is 0 Å². The molecule has 1 amide bonds. The van der Waals surface area contributed by atoms with Crippen molar-refractivity contribution in [3.05, 3.63) is 54.1 Å². The van der Waals surface area contributed by atoms with Crippen LogP contribution in [0.15, 0.2) is 42.7 Å². The molecule has 2 aromatic heterocycles. The highest BCUT2D eigenvalue weighted by molar-refractivity contribution is 5.90. The Bertz CT molecular complexity index is 508. The zero-order valence-corrected chi connectivity index (χ0v) is 10.3. The summed E-state index contributed by atoms with van der Waals surface area (Å²) in [5, 5.41) is 2.81. The Morgan fingerprint density at radius 1 is 1.22 bits per heavy atom. The summed E-state index contributed by atoms with van der Waals surface area (Å²) in [5.74, 6) is -0.0219. The van der Waals surface area contributed by atoms with Crippen LogP contribution in [0, 0.1) is 6.92 Å². The van der Waals surface area contributed by atoms with Crippen molar-refractivity contribution in [2.24, 2.45) is 0 Å². The van der Waals surface area contributed by atoms with Crippen LogP contribution >= 0.6 is 0 Å². The monoisotopic (exact) mass is 241 g/mol. The van der Waals surface area contributed by atoms with Gasteiger partial charge in [0.1, 0.15) is 0 Å². The maximum atomic E-state index is 11.7. The van der Waals surface area contributed by atoms with E-state index in [1.807, 2.05) is 37.3 Å². The van der Waals surface area contributed by atoms with Gasteiger partial charge < -0.3 is 5.32 Å². The first-order valence-electron chi connectivity index (χ1n) is 5.86. The van der Waals surface area contributed by atoms with Crippen LogP contribution in [0.4, 0.5) is 5.69 Å². The number of aryl methyl sites for hydroxylation is 2. The van der Waals surface area contributed by atoms with Crippen molar-refractivity contribution in [3.8, 4) is 0 Å². The van der Waals surface area contributed by atoms with E-state index >= 15 is 0 Å². The van der Waals surface area contributed by atoms with Gasteiger partial charge in [0.15, 0.2) is 0 Å². The van der Waals surface area contributed by atoms with Crippen molar-refractivity contribution in [1.82, 2.24) is 9.97 Å². The maximum Gasteiger partial charge on any atom is 0.224 e. The quantitative estimate of drug-likeness (QED) is 0.894. The van der Waals surface area contributed by atoms with E-state index in [2.05, 4.69) is 15.3 Å². The Morgan fingerprint density at radius 2 is 2.11 bits per heavy atom. The number of nitrogens with zero attached hydrogens (tertiary/aromatic N) is 2. The molecule has 0 aliphatic rings. The number of pyridine rings is 2. The summed E-state index contributed by atoms with van der Waals surface area (Å²) < 4.78 is 0. The van der Waals surface area contributed by atoms with E-state index in [-0.39, 0.29) is 5.91 Å². The van der Waals surface area contributed by atoms with E-state index in [1.165, 1.54) is 0 Å². The number of anilines is 1. The van der Waals surface area contributed by atoms with Crippen LogP contribution in [-0.2, 0) is 11.2 Å². The number of hydrogen-bond donors (Lipinski definition) is 1. The second-order valence-corrected chi connectivity index (χ2v) is 4.06. The molecule has 0 aliphatic carbocycles. The molecule has 0 saturated heterocycles. The SMILES string of the molecule is Cc1ccc(NC(=O)CCc2ccccn2)cn1. The Labute approximate surface area is 106 Å².